The number of para-hydroxylation sites is 1. The van der Waals surface area contributed by atoms with Crippen LogP contribution in [0.2, 0.25) is 0 Å². The van der Waals surface area contributed by atoms with Crippen LogP contribution < -0.4 is 0 Å². The van der Waals surface area contributed by atoms with E-state index in [-0.39, 0.29) is 17.7 Å². The number of carbonyl (C=O) groups is 2. The molecule has 5 rings (SSSR count). The smallest absolute Gasteiger partial charge is 0.328 e. The number of hydrogen-bond acceptors (Lipinski definition) is 3. The first kappa shape index (κ1) is 15.9. The number of rotatable bonds is 1. The van der Waals surface area contributed by atoms with Gasteiger partial charge in [-0.25, -0.2) is 4.79 Å². The number of phenols is 1. The lowest BCUT2D eigenvalue weighted by Crippen LogP contribution is -2.53. The van der Waals surface area contributed by atoms with Gasteiger partial charge in [0.15, 0.2) is 0 Å². The Labute approximate surface area is 156 Å². The predicted molar refractivity (Wildman–Crippen MR) is 100 cm³/mol. The Morgan fingerprint density at radius 3 is 2.70 bits per heavy atom. The topological polar surface area (TPSA) is 76.6 Å². The second-order valence-corrected chi connectivity index (χ2v) is 7.53. The highest BCUT2D eigenvalue weighted by Crippen LogP contribution is 2.48. The molecule has 2 aliphatic heterocycles. The summed E-state index contributed by atoms with van der Waals surface area (Å²) in [6, 6.07) is 14.1. The molecule has 0 radical (unpaired) electrons. The number of nitrogens with one attached hydrogen (secondary N) is 1. The summed E-state index contributed by atoms with van der Waals surface area (Å²) in [5.41, 5.74) is 2.74. The van der Waals surface area contributed by atoms with Crippen LogP contribution in [0.5, 0.6) is 5.75 Å². The van der Waals surface area contributed by atoms with Crippen molar-refractivity contribution in [3.63, 3.8) is 0 Å². The van der Waals surface area contributed by atoms with E-state index in [2.05, 4.69) is 4.98 Å². The molecular formula is C21H19N3O3. The Bertz CT molecular complexity index is 1120. The van der Waals surface area contributed by atoms with Gasteiger partial charge >= 0.3 is 6.03 Å². The number of benzene rings is 2. The molecule has 0 bridgehead atoms. The second kappa shape index (κ2) is 5.13. The van der Waals surface area contributed by atoms with Crippen LogP contribution in [0, 0.1) is 0 Å². The van der Waals surface area contributed by atoms with E-state index in [0.29, 0.717) is 6.42 Å². The van der Waals surface area contributed by atoms with Crippen LogP contribution in [0.4, 0.5) is 4.79 Å². The molecule has 3 amide bonds. The minimum Gasteiger partial charge on any atom is -0.508 e. The minimum absolute atomic E-state index is 0.128. The van der Waals surface area contributed by atoms with Gasteiger partial charge in [-0.3, -0.25) is 14.6 Å². The molecular weight excluding hydrogens is 342 g/mol. The van der Waals surface area contributed by atoms with E-state index in [0.717, 1.165) is 27.7 Å². The third-order valence-corrected chi connectivity index (χ3v) is 5.88. The number of H-pyrrole nitrogens is 1. The number of aromatic hydroxyl groups is 1. The third kappa shape index (κ3) is 1.95. The predicted octanol–water partition coefficient (Wildman–Crippen LogP) is 3.17. The first-order chi connectivity index (χ1) is 12.9. The summed E-state index contributed by atoms with van der Waals surface area (Å²) in [6.07, 6.45) is 0.455. The SMILES string of the molecule is CN1C(=O)N2C(c3cccc(O)c3)c3[nH]c4ccccc4c3CC2(C)C1=O. The van der Waals surface area contributed by atoms with Gasteiger partial charge in [-0.2, -0.15) is 0 Å². The fraction of sp³-hybridized carbons (Fsp3) is 0.238. The first-order valence-corrected chi connectivity index (χ1v) is 8.91. The average molecular weight is 361 g/mol. The van der Waals surface area contributed by atoms with Gasteiger partial charge in [-0.05, 0) is 36.2 Å². The fourth-order valence-electron chi connectivity index (χ4n) is 4.61. The molecule has 3 aromatic rings. The molecule has 3 heterocycles. The van der Waals surface area contributed by atoms with Crippen LogP contribution in [0.1, 0.15) is 29.8 Å². The number of urea groups is 1. The molecule has 2 atom stereocenters. The molecule has 27 heavy (non-hydrogen) atoms. The molecule has 0 saturated carbocycles. The molecule has 1 fully saturated rings. The molecule has 2 unspecified atom stereocenters. The fourth-order valence-corrected chi connectivity index (χ4v) is 4.61. The number of phenolic OH excluding ortho intramolecular Hbond substituents is 1. The van der Waals surface area contributed by atoms with Crippen LogP contribution >= 0.6 is 0 Å². The Morgan fingerprint density at radius 1 is 1.15 bits per heavy atom. The van der Waals surface area contributed by atoms with E-state index in [4.69, 9.17) is 0 Å². The van der Waals surface area contributed by atoms with Crippen LogP contribution in [-0.4, -0.2) is 44.4 Å². The van der Waals surface area contributed by atoms with Crippen LogP contribution in [-0.2, 0) is 11.2 Å². The van der Waals surface area contributed by atoms with Gasteiger partial charge in [0, 0.05) is 30.1 Å². The Kier molecular flexibility index (Phi) is 3.03. The molecule has 0 spiro atoms. The summed E-state index contributed by atoms with van der Waals surface area (Å²) in [4.78, 5) is 32.3. The van der Waals surface area contributed by atoms with Crippen molar-refractivity contribution >= 4 is 22.8 Å². The molecule has 2 N–H and O–H groups in total. The van der Waals surface area contributed by atoms with Gasteiger partial charge in [-0.15, -0.1) is 0 Å². The lowest BCUT2D eigenvalue weighted by molar-refractivity contribution is -0.132. The van der Waals surface area contributed by atoms with E-state index < -0.39 is 11.6 Å². The summed E-state index contributed by atoms with van der Waals surface area (Å²) in [6.45, 7) is 1.83. The molecule has 136 valence electrons. The van der Waals surface area contributed by atoms with E-state index in [1.54, 1.807) is 23.1 Å². The van der Waals surface area contributed by atoms with Crippen LogP contribution in [0.15, 0.2) is 48.5 Å². The lowest BCUT2D eigenvalue weighted by Gasteiger charge is -2.42. The Hall–Kier alpha value is -3.28. The van der Waals surface area contributed by atoms with Crippen LogP contribution in [0.3, 0.4) is 0 Å². The second-order valence-electron chi connectivity index (χ2n) is 7.53. The lowest BCUT2D eigenvalue weighted by atomic mass is 9.81. The van der Waals surface area contributed by atoms with Crippen molar-refractivity contribution in [2.75, 3.05) is 7.05 Å². The van der Waals surface area contributed by atoms with Crippen molar-refractivity contribution in [1.29, 1.82) is 0 Å². The van der Waals surface area contributed by atoms with Crippen LogP contribution in [0.25, 0.3) is 10.9 Å². The third-order valence-electron chi connectivity index (χ3n) is 5.88. The average Bonchev–Trinajstić information content (AvgIpc) is 3.09. The number of aromatic amines is 1. The summed E-state index contributed by atoms with van der Waals surface area (Å²) in [5, 5.41) is 11.1. The highest BCUT2D eigenvalue weighted by atomic mass is 16.3. The summed E-state index contributed by atoms with van der Waals surface area (Å²) < 4.78 is 0. The Balaban J connectivity index is 1.83. The zero-order valence-corrected chi connectivity index (χ0v) is 15.1. The summed E-state index contributed by atoms with van der Waals surface area (Å²) in [5.74, 6) is -0.0719. The monoisotopic (exact) mass is 361 g/mol. The molecule has 1 saturated heterocycles. The maximum atomic E-state index is 13.0. The minimum atomic E-state index is -0.958. The standard InChI is InChI=1S/C21H19N3O3/c1-21-11-15-14-8-3-4-9-16(14)22-17(15)18(12-6-5-7-13(25)10-12)24(21)20(27)23(2)19(21)26/h3-10,18,22,25H,11H2,1-2H3. The number of carbonyl (C=O) groups excluding carboxylic acids is 2. The molecule has 1 aromatic heterocycles. The van der Waals surface area contributed by atoms with Crippen molar-refractivity contribution in [3.05, 3.63) is 65.4 Å². The zero-order chi connectivity index (χ0) is 18.9. The number of likely N-dealkylation sites (N-methyl/N-ethyl adjacent to an activating group) is 1. The van der Waals surface area contributed by atoms with Crippen molar-refractivity contribution in [3.8, 4) is 5.75 Å². The molecule has 2 aliphatic rings. The molecule has 2 aromatic carbocycles. The number of hydrogen-bond donors (Lipinski definition) is 2. The number of nitrogens with zero attached hydrogens (tertiary/aromatic N) is 2. The molecule has 6 heteroatoms. The maximum absolute atomic E-state index is 13.0. The normalized spacial score (nSPS) is 24.4. The van der Waals surface area contributed by atoms with Crippen molar-refractivity contribution in [2.24, 2.45) is 0 Å². The summed E-state index contributed by atoms with van der Waals surface area (Å²) >= 11 is 0. The number of fused-ring (bicyclic) bond motifs is 4. The highest BCUT2D eigenvalue weighted by Gasteiger charge is 2.59. The molecule has 0 aliphatic carbocycles. The quantitative estimate of drug-likeness (QED) is 0.654. The van der Waals surface area contributed by atoms with Gasteiger partial charge in [0.1, 0.15) is 17.3 Å². The van der Waals surface area contributed by atoms with Crippen molar-refractivity contribution in [1.82, 2.24) is 14.8 Å². The number of imide groups is 1. The van der Waals surface area contributed by atoms with E-state index >= 15 is 0 Å². The van der Waals surface area contributed by atoms with Gasteiger partial charge < -0.3 is 10.1 Å². The van der Waals surface area contributed by atoms with E-state index in [1.807, 2.05) is 37.3 Å². The first-order valence-electron chi connectivity index (χ1n) is 8.91. The van der Waals surface area contributed by atoms with Gasteiger partial charge in [-0.1, -0.05) is 30.3 Å². The van der Waals surface area contributed by atoms with Crippen molar-refractivity contribution < 1.29 is 14.7 Å². The highest BCUT2D eigenvalue weighted by molar-refractivity contribution is 6.08. The Morgan fingerprint density at radius 2 is 1.93 bits per heavy atom. The van der Waals surface area contributed by atoms with E-state index in [1.165, 1.54) is 11.9 Å². The number of aromatic nitrogens is 1. The molecule has 6 nitrogen and oxygen atoms in total. The number of amides is 3. The van der Waals surface area contributed by atoms with Gasteiger partial charge in [0.2, 0.25) is 0 Å². The van der Waals surface area contributed by atoms with Gasteiger partial charge in [0.25, 0.3) is 5.91 Å². The maximum Gasteiger partial charge on any atom is 0.328 e. The van der Waals surface area contributed by atoms with Crippen molar-refractivity contribution in [2.45, 2.75) is 24.9 Å². The largest absolute Gasteiger partial charge is 0.508 e. The van der Waals surface area contributed by atoms with Gasteiger partial charge in [0.05, 0.1) is 0 Å². The van der Waals surface area contributed by atoms with E-state index in [9.17, 15) is 14.7 Å². The zero-order valence-electron chi connectivity index (χ0n) is 15.1. The summed E-state index contributed by atoms with van der Waals surface area (Å²) in [7, 11) is 1.53.